The molecule has 0 aliphatic carbocycles. The van der Waals surface area contributed by atoms with Crippen LogP contribution < -0.4 is 14.4 Å². The normalized spacial score (nSPS) is 12.0. The molecule has 0 spiro atoms. The Morgan fingerprint density at radius 3 is 2.13 bits per heavy atom. The number of hydrogen-bond donors (Lipinski definition) is 1. The summed E-state index contributed by atoms with van der Waals surface area (Å²) < 4.78 is 34.5. The fourth-order valence-corrected chi connectivity index (χ4v) is 6.72. The molecule has 0 aromatic heterocycles. The Morgan fingerprint density at radius 1 is 0.826 bits per heavy atom. The molecule has 0 saturated heterocycles. The maximum Gasteiger partial charge on any atom is 0.264 e. The first-order chi connectivity index (χ1) is 21.9. The molecular formula is C34H34Cl3N3O5S. The van der Waals surface area contributed by atoms with Crippen molar-refractivity contribution in [3.05, 3.63) is 123 Å². The van der Waals surface area contributed by atoms with Crippen molar-refractivity contribution in [3.63, 3.8) is 0 Å². The third-order valence-corrected chi connectivity index (χ3v) is 9.82. The first-order valence-corrected chi connectivity index (χ1v) is 17.0. The van der Waals surface area contributed by atoms with Crippen molar-refractivity contribution < 1.29 is 22.7 Å². The molecule has 0 aliphatic rings. The molecule has 46 heavy (non-hydrogen) atoms. The zero-order valence-corrected chi connectivity index (χ0v) is 28.6. The number of nitrogens with zero attached hydrogens (tertiary/aromatic N) is 2. The number of carbonyl (C=O) groups is 2. The average molecular weight is 703 g/mol. The number of halogens is 3. The molecule has 0 aliphatic heterocycles. The Labute approximate surface area is 284 Å². The van der Waals surface area contributed by atoms with E-state index < -0.39 is 28.5 Å². The highest BCUT2D eigenvalue weighted by molar-refractivity contribution is 7.92. The third-order valence-electron chi connectivity index (χ3n) is 7.06. The molecule has 2 amide bonds. The Balaban J connectivity index is 1.82. The van der Waals surface area contributed by atoms with Gasteiger partial charge in [0, 0.05) is 24.0 Å². The third kappa shape index (κ3) is 8.94. The van der Waals surface area contributed by atoms with Gasteiger partial charge >= 0.3 is 0 Å². The molecule has 0 heterocycles. The van der Waals surface area contributed by atoms with Gasteiger partial charge in [0.05, 0.1) is 27.7 Å². The first kappa shape index (κ1) is 35.1. The molecule has 0 bridgehead atoms. The van der Waals surface area contributed by atoms with Gasteiger partial charge in [-0.1, -0.05) is 77.3 Å². The van der Waals surface area contributed by atoms with E-state index in [-0.39, 0.29) is 45.5 Å². The number of benzene rings is 4. The lowest BCUT2D eigenvalue weighted by atomic mass is 10.0. The van der Waals surface area contributed by atoms with Crippen LogP contribution in [-0.4, -0.2) is 50.9 Å². The predicted molar refractivity (Wildman–Crippen MR) is 183 cm³/mol. The van der Waals surface area contributed by atoms with E-state index in [9.17, 15) is 18.0 Å². The van der Waals surface area contributed by atoms with Gasteiger partial charge in [0.25, 0.3) is 10.0 Å². The number of carbonyl (C=O) groups excluding carboxylic acids is 2. The van der Waals surface area contributed by atoms with Crippen molar-refractivity contribution in [2.75, 3.05) is 18.0 Å². The minimum atomic E-state index is -4.30. The van der Waals surface area contributed by atoms with Gasteiger partial charge in [0.2, 0.25) is 11.8 Å². The number of anilines is 1. The van der Waals surface area contributed by atoms with E-state index in [4.69, 9.17) is 39.5 Å². The Morgan fingerprint density at radius 2 is 1.52 bits per heavy atom. The Kier molecular flexibility index (Phi) is 12.0. The summed E-state index contributed by atoms with van der Waals surface area (Å²) in [4.78, 5) is 29.6. The van der Waals surface area contributed by atoms with E-state index >= 15 is 0 Å². The summed E-state index contributed by atoms with van der Waals surface area (Å²) in [5.41, 5.74) is 1.60. The number of ether oxygens (including phenoxy) is 1. The molecule has 1 N–H and O–H groups in total. The molecular weight excluding hydrogens is 669 g/mol. The van der Waals surface area contributed by atoms with Crippen molar-refractivity contribution >= 4 is 62.3 Å². The van der Waals surface area contributed by atoms with Crippen LogP contribution in [0.4, 0.5) is 5.69 Å². The zero-order valence-electron chi connectivity index (χ0n) is 25.5. The van der Waals surface area contributed by atoms with E-state index in [1.165, 1.54) is 42.3 Å². The van der Waals surface area contributed by atoms with Crippen molar-refractivity contribution in [1.29, 1.82) is 0 Å². The van der Waals surface area contributed by atoms with Gasteiger partial charge < -0.3 is 15.0 Å². The summed E-state index contributed by atoms with van der Waals surface area (Å²) in [7, 11) is -2.82. The topological polar surface area (TPSA) is 96.0 Å². The minimum absolute atomic E-state index is 0.0509. The second-order valence-electron chi connectivity index (χ2n) is 10.8. The number of methoxy groups -OCH3 is 1. The van der Waals surface area contributed by atoms with Crippen molar-refractivity contribution in [2.24, 2.45) is 0 Å². The van der Waals surface area contributed by atoms with Crippen LogP contribution >= 0.6 is 34.8 Å². The number of nitrogens with one attached hydrogen (secondary N) is 1. The van der Waals surface area contributed by atoms with Crippen molar-refractivity contribution in [2.45, 2.75) is 43.8 Å². The van der Waals surface area contributed by atoms with Crippen LogP contribution in [0.15, 0.2) is 102 Å². The van der Waals surface area contributed by atoms with Crippen LogP contribution in [-0.2, 0) is 32.6 Å². The summed E-state index contributed by atoms with van der Waals surface area (Å²) in [6, 6.07) is 25.1. The standard InChI is InChI=1S/C34H34Cl3N3O5S/c1-23(2)38-34(42)32(19-24-8-5-4-6-9-24)39(21-25-12-17-30(36)31(37)18-25)33(41)22-40(27-11-7-10-26(35)20-27)46(43,44)29-15-13-28(45-3)14-16-29/h4-18,20,23,32H,19,21-22H2,1-3H3,(H,38,42)/t32-/m0/s1. The highest BCUT2D eigenvalue weighted by Gasteiger charge is 2.35. The molecule has 12 heteroatoms. The Hall–Kier alpha value is -3.76. The van der Waals surface area contributed by atoms with Crippen LogP contribution in [0.1, 0.15) is 25.0 Å². The molecule has 0 unspecified atom stereocenters. The smallest absolute Gasteiger partial charge is 0.264 e. The van der Waals surface area contributed by atoms with E-state index in [1.54, 1.807) is 36.4 Å². The van der Waals surface area contributed by atoms with Gasteiger partial charge in [-0.2, -0.15) is 0 Å². The summed E-state index contributed by atoms with van der Waals surface area (Å²) in [6.45, 7) is 2.97. The van der Waals surface area contributed by atoms with Gasteiger partial charge in [0.15, 0.2) is 0 Å². The Bertz CT molecular complexity index is 1770. The molecule has 4 aromatic rings. The molecule has 4 aromatic carbocycles. The number of sulfonamides is 1. The quantitative estimate of drug-likeness (QED) is 0.162. The summed E-state index contributed by atoms with van der Waals surface area (Å²) in [5.74, 6) is -0.542. The van der Waals surface area contributed by atoms with Gasteiger partial charge in [-0.3, -0.25) is 13.9 Å². The summed E-state index contributed by atoms with van der Waals surface area (Å²) >= 11 is 18.8. The van der Waals surface area contributed by atoms with Crippen LogP contribution in [0.25, 0.3) is 0 Å². The zero-order chi connectivity index (χ0) is 33.4. The fourth-order valence-electron chi connectivity index (χ4n) is 4.80. The lowest BCUT2D eigenvalue weighted by Gasteiger charge is -2.34. The minimum Gasteiger partial charge on any atom is -0.497 e. The summed E-state index contributed by atoms with van der Waals surface area (Å²) in [5, 5.41) is 3.82. The van der Waals surface area contributed by atoms with E-state index in [0.29, 0.717) is 16.3 Å². The van der Waals surface area contributed by atoms with Crippen molar-refractivity contribution in [1.82, 2.24) is 10.2 Å². The highest BCUT2D eigenvalue weighted by Crippen LogP contribution is 2.29. The average Bonchev–Trinajstić information content (AvgIpc) is 3.03. The molecule has 0 radical (unpaired) electrons. The molecule has 4 rings (SSSR count). The lowest BCUT2D eigenvalue weighted by Crippen LogP contribution is -2.54. The number of amides is 2. The largest absolute Gasteiger partial charge is 0.497 e. The van der Waals surface area contributed by atoms with Crippen LogP contribution in [0.5, 0.6) is 5.75 Å². The lowest BCUT2D eigenvalue weighted by molar-refractivity contribution is -0.140. The first-order valence-electron chi connectivity index (χ1n) is 14.4. The van der Waals surface area contributed by atoms with Gasteiger partial charge in [-0.05, 0) is 79.6 Å². The SMILES string of the molecule is COc1ccc(S(=O)(=O)N(CC(=O)N(Cc2ccc(Cl)c(Cl)c2)[C@@H](Cc2ccccc2)C(=O)NC(C)C)c2cccc(Cl)c2)cc1. The van der Waals surface area contributed by atoms with Gasteiger partial charge in [0.1, 0.15) is 18.3 Å². The molecule has 1 atom stereocenters. The fraction of sp³-hybridized carbons (Fsp3) is 0.235. The van der Waals surface area contributed by atoms with E-state index in [0.717, 1.165) is 9.87 Å². The second kappa shape index (κ2) is 15.7. The van der Waals surface area contributed by atoms with E-state index in [1.807, 2.05) is 44.2 Å². The van der Waals surface area contributed by atoms with Crippen LogP contribution in [0, 0.1) is 0 Å². The van der Waals surface area contributed by atoms with Crippen LogP contribution in [0.2, 0.25) is 15.1 Å². The second-order valence-corrected chi connectivity index (χ2v) is 13.9. The van der Waals surface area contributed by atoms with E-state index in [2.05, 4.69) is 5.32 Å². The maximum atomic E-state index is 14.5. The molecule has 0 saturated carbocycles. The van der Waals surface area contributed by atoms with Gasteiger partial charge in [-0.15, -0.1) is 0 Å². The molecule has 0 fully saturated rings. The number of rotatable bonds is 13. The van der Waals surface area contributed by atoms with Crippen molar-refractivity contribution in [3.8, 4) is 5.75 Å². The molecule has 8 nitrogen and oxygen atoms in total. The maximum absolute atomic E-state index is 14.5. The van der Waals surface area contributed by atoms with Gasteiger partial charge in [-0.25, -0.2) is 8.42 Å². The highest BCUT2D eigenvalue weighted by atomic mass is 35.5. The number of hydrogen-bond acceptors (Lipinski definition) is 5. The summed E-state index contributed by atoms with van der Waals surface area (Å²) in [6.07, 6.45) is 0.175. The molecule has 242 valence electrons. The van der Waals surface area contributed by atoms with Crippen LogP contribution in [0.3, 0.4) is 0 Å². The predicted octanol–water partition coefficient (Wildman–Crippen LogP) is 7.02. The monoisotopic (exact) mass is 701 g/mol.